The molecule has 1 saturated heterocycles. The lowest BCUT2D eigenvalue weighted by atomic mass is 9.96. The van der Waals surface area contributed by atoms with Gasteiger partial charge < -0.3 is 4.90 Å². The number of hydrogen-bond donors (Lipinski definition) is 1. The van der Waals surface area contributed by atoms with Gasteiger partial charge >= 0.3 is 0 Å². The minimum Gasteiger partial charge on any atom is -0.346 e. The molecule has 0 aliphatic carbocycles. The van der Waals surface area contributed by atoms with Crippen LogP contribution in [0, 0.1) is 0 Å². The van der Waals surface area contributed by atoms with Crippen LogP contribution in [0.15, 0.2) is 109 Å². The molecule has 0 atom stereocenters. The summed E-state index contributed by atoms with van der Waals surface area (Å²) in [7, 11) is 0. The van der Waals surface area contributed by atoms with E-state index in [-0.39, 0.29) is 11.9 Å². The van der Waals surface area contributed by atoms with Crippen molar-refractivity contribution in [2.75, 3.05) is 26.2 Å². The van der Waals surface area contributed by atoms with Crippen molar-refractivity contribution < 1.29 is 4.79 Å². The number of rotatable bonds is 5. The molecule has 4 aromatic rings. The van der Waals surface area contributed by atoms with Gasteiger partial charge in [-0.3, -0.25) is 15.0 Å². The predicted octanol–water partition coefficient (Wildman–Crippen LogP) is 5.66. The molecule has 0 spiro atoms. The van der Waals surface area contributed by atoms with Gasteiger partial charge in [-0.25, -0.2) is 0 Å². The summed E-state index contributed by atoms with van der Waals surface area (Å²) in [5.41, 5.74) is 3.58. The van der Waals surface area contributed by atoms with E-state index >= 15 is 0 Å². The topological polar surface area (TPSA) is 35.6 Å². The summed E-state index contributed by atoms with van der Waals surface area (Å²) in [4.78, 5) is 17.2. The van der Waals surface area contributed by atoms with Crippen LogP contribution in [-0.2, 0) is 4.79 Å². The number of benzene rings is 4. The standard InChI is InChI=1S/C31H29N3OS/c35-29(19-18-25-16-9-15-24-10-7-8-17-28(24)25)32-31(36)34-22-20-33(21-23-34)30(26-11-3-1-4-12-26)27-13-5-2-6-14-27/h1-19,30H,20-23H2,(H,32,35,36). The van der Waals surface area contributed by atoms with Gasteiger partial charge in [0.05, 0.1) is 6.04 Å². The summed E-state index contributed by atoms with van der Waals surface area (Å²) < 4.78 is 0. The summed E-state index contributed by atoms with van der Waals surface area (Å²) in [5.74, 6) is -0.207. The first-order chi connectivity index (χ1) is 17.7. The molecule has 0 bridgehead atoms. The normalized spacial score (nSPS) is 14.4. The van der Waals surface area contributed by atoms with Gasteiger partial charge in [0.2, 0.25) is 5.91 Å². The van der Waals surface area contributed by atoms with Gasteiger partial charge in [-0.15, -0.1) is 0 Å². The lowest BCUT2D eigenvalue weighted by Crippen LogP contribution is -2.53. The molecule has 5 heteroatoms. The van der Waals surface area contributed by atoms with Crippen molar-refractivity contribution in [1.29, 1.82) is 0 Å². The SMILES string of the molecule is O=C(C=Cc1cccc2ccccc12)NC(=S)N1CCN(C(c2ccccc2)c2ccccc2)CC1. The molecule has 0 aromatic heterocycles. The Hall–Kier alpha value is -3.80. The van der Waals surface area contributed by atoms with Crippen molar-refractivity contribution in [2.45, 2.75) is 6.04 Å². The number of amides is 1. The Morgan fingerprint density at radius 1 is 0.750 bits per heavy atom. The second-order valence-electron chi connectivity index (χ2n) is 8.94. The molecule has 1 heterocycles. The zero-order chi connectivity index (χ0) is 24.7. The van der Waals surface area contributed by atoms with Crippen molar-refractivity contribution in [3.05, 3.63) is 126 Å². The van der Waals surface area contributed by atoms with Crippen molar-refractivity contribution >= 4 is 40.1 Å². The van der Waals surface area contributed by atoms with Crippen LogP contribution in [-0.4, -0.2) is 47.0 Å². The van der Waals surface area contributed by atoms with Gasteiger partial charge in [0.1, 0.15) is 0 Å². The number of piperazine rings is 1. The van der Waals surface area contributed by atoms with Crippen LogP contribution in [0.4, 0.5) is 0 Å². The fourth-order valence-electron chi connectivity index (χ4n) is 4.86. The van der Waals surface area contributed by atoms with Gasteiger partial charge in [0, 0.05) is 32.3 Å². The van der Waals surface area contributed by atoms with Gasteiger partial charge in [-0.2, -0.15) is 0 Å². The molecule has 1 aliphatic heterocycles. The predicted molar refractivity (Wildman–Crippen MR) is 152 cm³/mol. The van der Waals surface area contributed by atoms with Crippen molar-refractivity contribution in [2.24, 2.45) is 0 Å². The molecule has 5 rings (SSSR count). The Kier molecular flexibility index (Phi) is 7.50. The van der Waals surface area contributed by atoms with Gasteiger partial charge in [-0.1, -0.05) is 103 Å². The first kappa shape index (κ1) is 23.9. The number of thiocarbonyl (C=S) groups is 1. The maximum absolute atomic E-state index is 12.6. The Morgan fingerprint density at radius 2 is 1.33 bits per heavy atom. The zero-order valence-corrected chi connectivity index (χ0v) is 20.9. The van der Waals surface area contributed by atoms with Crippen LogP contribution in [0.25, 0.3) is 16.8 Å². The molecule has 1 amide bonds. The lowest BCUT2D eigenvalue weighted by molar-refractivity contribution is -0.115. The van der Waals surface area contributed by atoms with E-state index in [1.165, 1.54) is 11.1 Å². The Bertz CT molecular complexity index is 1320. The summed E-state index contributed by atoms with van der Waals surface area (Å²) in [6, 6.07) is 35.7. The van der Waals surface area contributed by atoms with E-state index in [1.807, 2.05) is 30.3 Å². The number of hydrogen-bond acceptors (Lipinski definition) is 3. The van der Waals surface area contributed by atoms with E-state index in [2.05, 4.69) is 94.0 Å². The second kappa shape index (κ2) is 11.3. The molecule has 0 radical (unpaired) electrons. The first-order valence-electron chi connectivity index (χ1n) is 12.3. The molecule has 4 nitrogen and oxygen atoms in total. The molecule has 36 heavy (non-hydrogen) atoms. The molecular weight excluding hydrogens is 462 g/mol. The summed E-state index contributed by atoms with van der Waals surface area (Å²) >= 11 is 5.59. The molecule has 4 aromatic carbocycles. The fourth-order valence-corrected chi connectivity index (χ4v) is 5.14. The molecule has 0 unspecified atom stereocenters. The van der Waals surface area contributed by atoms with Crippen molar-refractivity contribution in [1.82, 2.24) is 15.1 Å². The average molecular weight is 492 g/mol. The number of nitrogens with one attached hydrogen (secondary N) is 1. The third-order valence-electron chi connectivity index (χ3n) is 6.67. The largest absolute Gasteiger partial charge is 0.346 e. The van der Waals surface area contributed by atoms with Gasteiger partial charge in [0.15, 0.2) is 5.11 Å². The van der Waals surface area contributed by atoms with Crippen LogP contribution < -0.4 is 5.32 Å². The summed E-state index contributed by atoms with van der Waals surface area (Å²) in [6.45, 7) is 3.25. The van der Waals surface area contributed by atoms with Crippen LogP contribution in [0.3, 0.4) is 0 Å². The smallest absolute Gasteiger partial charge is 0.250 e. The van der Waals surface area contributed by atoms with Crippen LogP contribution in [0.2, 0.25) is 0 Å². The Labute approximate surface area is 217 Å². The van der Waals surface area contributed by atoms with E-state index in [0.29, 0.717) is 5.11 Å². The van der Waals surface area contributed by atoms with E-state index in [1.54, 1.807) is 6.08 Å². The van der Waals surface area contributed by atoms with E-state index < -0.39 is 0 Å². The van der Waals surface area contributed by atoms with E-state index in [9.17, 15) is 4.79 Å². The molecule has 0 saturated carbocycles. The van der Waals surface area contributed by atoms with Gasteiger partial charge in [-0.05, 0) is 45.8 Å². The van der Waals surface area contributed by atoms with Crippen LogP contribution in [0.5, 0.6) is 0 Å². The van der Waals surface area contributed by atoms with Crippen molar-refractivity contribution in [3.63, 3.8) is 0 Å². The highest BCUT2D eigenvalue weighted by Crippen LogP contribution is 2.29. The number of nitrogens with zero attached hydrogens (tertiary/aromatic N) is 2. The highest BCUT2D eigenvalue weighted by Gasteiger charge is 2.27. The molecule has 180 valence electrons. The number of carbonyl (C=O) groups is 1. The summed E-state index contributed by atoms with van der Waals surface area (Å²) in [5, 5.41) is 5.64. The maximum atomic E-state index is 12.6. The fraction of sp³-hybridized carbons (Fsp3) is 0.161. The molecular formula is C31H29N3OS. The highest BCUT2D eigenvalue weighted by molar-refractivity contribution is 7.80. The van der Waals surface area contributed by atoms with E-state index in [0.717, 1.165) is 42.5 Å². The third-order valence-corrected chi connectivity index (χ3v) is 7.03. The maximum Gasteiger partial charge on any atom is 0.250 e. The zero-order valence-electron chi connectivity index (χ0n) is 20.1. The monoisotopic (exact) mass is 491 g/mol. The van der Waals surface area contributed by atoms with Crippen molar-refractivity contribution in [3.8, 4) is 0 Å². The molecule has 1 fully saturated rings. The highest BCUT2D eigenvalue weighted by atomic mass is 32.1. The molecule has 1 N–H and O–H groups in total. The Balaban J connectivity index is 1.21. The first-order valence-corrected chi connectivity index (χ1v) is 12.7. The Morgan fingerprint density at radius 3 is 2.00 bits per heavy atom. The quantitative estimate of drug-likeness (QED) is 0.289. The van der Waals surface area contributed by atoms with Crippen LogP contribution in [0.1, 0.15) is 22.7 Å². The second-order valence-corrected chi connectivity index (χ2v) is 9.33. The van der Waals surface area contributed by atoms with Gasteiger partial charge in [0.25, 0.3) is 0 Å². The third kappa shape index (κ3) is 5.54. The van der Waals surface area contributed by atoms with Crippen LogP contribution >= 0.6 is 12.2 Å². The lowest BCUT2D eigenvalue weighted by Gasteiger charge is -2.40. The average Bonchev–Trinajstić information content (AvgIpc) is 2.93. The minimum absolute atomic E-state index is 0.196. The summed E-state index contributed by atoms with van der Waals surface area (Å²) in [6.07, 6.45) is 3.41. The number of fused-ring (bicyclic) bond motifs is 1. The minimum atomic E-state index is -0.207. The van der Waals surface area contributed by atoms with E-state index in [4.69, 9.17) is 12.2 Å². The number of carbonyl (C=O) groups excluding carboxylic acids is 1. The molecule has 1 aliphatic rings.